The molecule has 6 nitrogen and oxygen atoms in total. The van der Waals surface area contributed by atoms with Crippen molar-refractivity contribution in [3.05, 3.63) is 60.4 Å². The largest absolute Gasteiger partial charge is 0.354 e. The minimum absolute atomic E-state index is 0.583. The number of hydrogen-bond donors (Lipinski definition) is 2. The van der Waals surface area contributed by atoms with Crippen LogP contribution >= 0.6 is 11.3 Å². The molecule has 1 aromatic carbocycles. The molecule has 0 atom stereocenters. The van der Waals surface area contributed by atoms with Gasteiger partial charge in [-0.15, -0.1) is 11.3 Å². The Bertz CT molecular complexity index is 1100. The Morgan fingerprint density at radius 1 is 1.03 bits per heavy atom. The van der Waals surface area contributed by atoms with E-state index in [1.165, 1.54) is 10.1 Å². The van der Waals surface area contributed by atoms with Crippen molar-refractivity contribution in [3.63, 3.8) is 0 Å². The Morgan fingerprint density at radius 3 is 2.69 bits per heavy atom. The summed E-state index contributed by atoms with van der Waals surface area (Å²) in [7, 11) is 0. The second kappa shape index (κ2) is 7.77. The second-order valence-corrected chi connectivity index (χ2v) is 8.22. The molecule has 0 aliphatic carbocycles. The molecule has 0 radical (unpaired) electrons. The molecule has 7 heteroatoms. The maximum absolute atomic E-state index is 4.79. The standard InChI is InChI=1S/C22H22N6S/c1-15-13-25-22(27-21(15)19-12-16-4-2-3-5-18(16)29-19)26-17-6-7-20(24-14-17)28-10-8-23-9-11-28/h2-7,12-14,23H,8-11H2,1H3,(H,25,26,27). The molecule has 0 bridgehead atoms. The number of aromatic nitrogens is 3. The predicted molar refractivity (Wildman–Crippen MR) is 120 cm³/mol. The normalized spacial score (nSPS) is 14.3. The first-order valence-electron chi connectivity index (χ1n) is 9.77. The number of hydrogen-bond acceptors (Lipinski definition) is 7. The number of pyridine rings is 1. The van der Waals surface area contributed by atoms with E-state index in [4.69, 9.17) is 4.98 Å². The van der Waals surface area contributed by atoms with E-state index in [1.54, 1.807) is 11.3 Å². The van der Waals surface area contributed by atoms with Crippen LogP contribution in [0.15, 0.2) is 54.9 Å². The molecule has 0 spiro atoms. The van der Waals surface area contributed by atoms with Gasteiger partial charge in [0.25, 0.3) is 0 Å². The van der Waals surface area contributed by atoms with Crippen molar-refractivity contribution in [1.82, 2.24) is 20.3 Å². The first kappa shape index (κ1) is 18.0. The van der Waals surface area contributed by atoms with Crippen molar-refractivity contribution in [1.29, 1.82) is 0 Å². The maximum atomic E-state index is 4.79. The van der Waals surface area contributed by atoms with Gasteiger partial charge in [0.1, 0.15) is 5.82 Å². The third-order valence-corrected chi connectivity index (χ3v) is 6.20. The highest BCUT2D eigenvalue weighted by molar-refractivity contribution is 7.22. The number of anilines is 3. The number of fused-ring (bicyclic) bond motifs is 1. The number of aryl methyl sites for hydroxylation is 1. The molecule has 5 rings (SSSR count). The number of rotatable bonds is 4. The minimum Gasteiger partial charge on any atom is -0.354 e. The lowest BCUT2D eigenvalue weighted by Gasteiger charge is -2.28. The number of benzene rings is 1. The number of piperazine rings is 1. The predicted octanol–water partition coefficient (Wildman–Crippen LogP) is 4.21. The van der Waals surface area contributed by atoms with Crippen molar-refractivity contribution in [2.24, 2.45) is 0 Å². The van der Waals surface area contributed by atoms with Crippen LogP contribution in [-0.4, -0.2) is 41.1 Å². The Labute approximate surface area is 173 Å². The van der Waals surface area contributed by atoms with E-state index in [0.717, 1.165) is 53.8 Å². The van der Waals surface area contributed by atoms with Crippen molar-refractivity contribution in [2.45, 2.75) is 6.92 Å². The van der Waals surface area contributed by atoms with Crippen LogP contribution in [0.5, 0.6) is 0 Å². The molecule has 29 heavy (non-hydrogen) atoms. The van der Waals surface area contributed by atoms with E-state index in [-0.39, 0.29) is 0 Å². The first-order valence-corrected chi connectivity index (χ1v) is 10.6. The molecule has 3 aromatic heterocycles. The zero-order chi connectivity index (χ0) is 19.6. The Morgan fingerprint density at radius 2 is 1.90 bits per heavy atom. The fourth-order valence-electron chi connectivity index (χ4n) is 3.52. The van der Waals surface area contributed by atoms with E-state index in [9.17, 15) is 0 Å². The lowest BCUT2D eigenvalue weighted by Crippen LogP contribution is -2.43. The third kappa shape index (κ3) is 3.79. The molecule has 146 valence electrons. The van der Waals surface area contributed by atoms with Gasteiger partial charge >= 0.3 is 0 Å². The van der Waals surface area contributed by atoms with Crippen LogP contribution in [0.25, 0.3) is 20.7 Å². The molecule has 4 aromatic rings. The van der Waals surface area contributed by atoms with Crippen LogP contribution in [0.4, 0.5) is 17.5 Å². The molecular formula is C22H22N6S. The molecule has 2 N–H and O–H groups in total. The van der Waals surface area contributed by atoms with Crippen LogP contribution in [0, 0.1) is 6.92 Å². The molecule has 0 amide bonds. The quantitative estimate of drug-likeness (QED) is 0.533. The summed E-state index contributed by atoms with van der Waals surface area (Å²) >= 11 is 1.76. The van der Waals surface area contributed by atoms with E-state index in [2.05, 4.69) is 61.9 Å². The summed E-state index contributed by atoms with van der Waals surface area (Å²) in [5, 5.41) is 7.90. The summed E-state index contributed by atoms with van der Waals surface area (Å²) in [4.78, 5) is 17.3. The zero-order valence-corrected chi connectivity index (χ0v) is 17.0. The molecule has 0 saturated carbocycles. The van der Waals surface area contributed by atoms with Crippen LogP contribution in [-0.2, 0) is 0 Å². The molecular weight excluding hydrogens is 380 g/mol. The summed E-state index contributed by atoms with van der Waals surface area (Å²) in [6, 6.07) is 14.7. The van der Waals surface area contributed by atoms with Gasteiger partial charge < -0.3 is 15.5 Å². The van der Waals surface area contributed by atoms with Gasteiger partial charge in [-0.25, -0.2) is 15.0 Å². The van der Waals surface area contributed by atoms with E-state index >= 15 is 0 Å². The Hall–Kier alpha value is -3.03. The van der Waals surface area contributed by atoms with Crippen molar-refractivity contribution >= 4 is 38.9 Å². The van der Waals surface area contributed by atoms with Gasteiger partial charge in [-0.05, 0) is 42.1 Å². The van der Waals surface area contributed by atoms with E-state index in [1.807, 2.05) is 25.4 Å². The third-order valence-electron chi connectivity index (χ3n) is 5.08. The highest BCUT2D eigenvalue weighted by Gasteiger charge is 2.13. The van der Waals surface area contributed by atoms with Gasteiger partial charge in [-0.3, -0.25) is 0 Å². The average Bonchev–Trinajstić information content (AvgIpc) is 3.20. The molecule has 1 aliphatic heterocycles. The maximum Gasteiger partial charge on any atom is 0.227 e. The summed E-state index contributed by atoms with van der Waals surface area (Å²) in [6.07, 6.45) is 3.72. The molecule has 0 unspecified atom stereocenters. The highest BCUT2D eigenvalue weighted by atomic mass is 32.1. The van der Waals surface area contributed by atoms with Gasteiger partial charge in [0, 0.05) is 37.1 Å². The van der Waals surface area contributed by atoms with Gasteiger partial charge in [-0.2, -0.15) is 0 Å². The Balaban J connectivity index is 1.38. The van der Waals surface area contributed by atoms with Crippen molar-refractivity contribution < 1.29 is 0 Å². The van der Waals surface area contributed by atoms with Gasteiger partial charge in [0.05, 0.1) is 22.5 Å². The van der Waals surface area contributed by atoms with Crippen LogP contribution in [0.2, 0.25) is 0 Å². The summed E-state index contributed by atoms with van der Waals surface area (Å²) < 4.78 is 1.27. The van der Waals surface area contributed by atoms with Crippen molar-refractivity contribution in [3.8, 4) is 10.6 Å². The lowest BCUT2D eigenvalue weighted by molar-refractivity contribution is 0.585. The Kier molecular flexibility index (Phi) is 4.83. The average molecular weight is 403 g/mol. The fraction of sp³-hybridized carbons (Fsp3) is 0.227. The van der Waals surface area contributed by atoms with Crippen molar-refractivity contribution in [2.75, 3.05) is 36.4 Å². The summed E-state index contributed by atoms with van der Waals surface area (Å²) in [6.45, 7) is 6.02. The van der Waals surface area contributed by atoms with Gasteiger partial charge in [0.15, 0.2) is 0 Å². The second-order valence-electron chi connectivity index (χ2n) is 7.14. The van der Waals surface area contributed by atoms with Gasteiger partial charge in [-0.1, -0.05) is 18.2 Å². The molecule has 1 saturated heterocycles. The lowest BCUT2D eigenvalue weighted by atomic mass is 10.2. The number of nitrogens with zero attached hydrogens (tertiary/aromatic N) is 4. The summed E-state index contributed by atoms with van der Waals surface area (Å²) in [5.41, 5.74) is 2.92. The smallest absolute Gasteiger partial charge is 0.227 e. The summed E-state index contributed by atoms with van der Waals surface area (Å²) in [5.74, 6) is 1.59. The minimum atomic E-state index is 0.583. The highest BCUT2D eigenvalue weighted by Crippen LogP contribution is 2.34. The van der Waals surface area contributed by atoms with E-state index in [0.29, 0.717) is 5.95 Å². The molecule has 4 heterocycles. The SMILES string of the molecule is Cc1cnc(Nc2ccc(N3CCNCC3)nc2)nc1-c1cc2ccccc2s1. The first-order chi connectivity index (χ1) is 14.3. The van der Waals surface area contributed by atoms with Crippen LogP contribution in [0.1, 0.15) is 5.56 Å². The number of thiophene rings is 1. The zero-order valence-electron chi connectivity index (χ0n) is 16.2. The molecule has 1 fully saturated rings. The monoisotopic (exact) mass is 402 g/mol. The van der Waals surface area contributed by atoms with Crippen LogP contribution in [0.3, 0.4) is 0 Å². The van der Waals surface area contributed by atoms with E-state index < -0.39 is 0 Å². The number of nitrogens with one attached hydrogen (secondary N) is 2. The van der Waals surface area contributed by atoms with Gasteiger partial charge in [0.2, 0.25) is 5.95 Å². The topological polar surface area (TPSA) is 66.0 Å². The fourth-order valence-corrected chi connectivity index (χ4v) is 4.64. The molecule has 1 aliphatic rings. The van der Waals surface area contributed by atoms with Crippen LogP contribution < -0.4 is 15.5 Å².